The maximum Gasteiger partial charge on any atom is 1.00 e. The third kappa shape index (κ3) is 6.13. The van der Waals surface area contributed by atoms with Gasteiger partial charge < -0.3 is 0 Å². The first-order valence-corrected chi connectivity index (χ1v) is 15.8. The number of rotatable bonds is 2. The van der Waals surface area contributed by atoms with E-state index in [1.807, 2.05) is 0 Å². The fourth-order valence-corrected chi connectivity index (χ4v) is 50.6. The minimum absolute atomic E-state index is 0. The average Bonchev–Trinajstić information content (AvgIpc) is 1.44. The van der Waals surface area contributed by atoms with Crippen LogP contribution in [0.5, 0.6) is 0 Å². The van der Waals surface area contributed by atoms with Crippen molar-refractivity contribution < 1.29 is 51.4 Å². The summed E-state index contributed by atoms with van der Waals surface area (Å²) in [5.41, 5.74) is 0. The van der Waals surface area contributed by atoms with Crippen molar-refractivity contribution in [2.75, 3.05) is 0 Å². The van der Waals surface area contributed by atoms with Gasteiger partial charge in [0.25, 0.3) is 0 Å². The Morgan fingerprint density at radius 2 is 0.929 bits per heavy atom. The second-order valence-electron chi connectivity index (χ2n) is 7.12. The summed E-state index contributed by atoms with van der Waals surface area (Å²) in [6.07, 6.45) is 0. The normalized spacial score (nSPS) is 14.1. The van der Waals surface area contributed by atoms with Crippen LogP contribution in [-0.2, 0) is 0 Å². The molecule has 0 rings (SSSR count). The van der Waals surface area contributed by atoms with Gasteiger partial charge in [0.2, 0.25) is 0 Å². The smallest absolute Gasteiger partial charge is 0.248 e. The summed E-state index contributed by atoms with van der Waals surface area (Å²) in [6.45, 7) is 22.9. The molecular weight excluding hydrogens is 243 g/mol. The van der Waals surface area contributed by atoms with Crippen LogP contribution in [0.15, 0.2) is 0 Å². The van der Waals surface area contributed by atoms with Gasteiger partial charge in [-0.3, -0.25) is 0 Å². The molecule has 0 unspecified atom stereocenters. The van der Waals surface area contributed by atoms with Crippen molar-refractivity contribution in [3.8, 4) is 0 Å². The predicted octanol–water partition coefficient (Wildman–Crippen LogP) is 1.12. The molecule has 0 aliphatic rings. The molecule has 0 nitrogen and oxygen atoms in total. The van der Waals surface area contributed by atoms with Crippen molar-refractivity contribution >= 4 is 23.0 Å². The molecule has 0 fully saturated rings. The van der Waals surface area contributed by atoms with Crippen molar-refractivity contribution in [2.45, 2.75) is 65.1 Å². The van der Waals surface area contributed by atoms with Gasteiger partial charge in [0.1, 0.15) is 0 Å². The number of hydrogen-bond acceptors (Lipinski definition) is 0. The maximum absolute atomic E-state index is 2.57. The molecule has 0 spiro atoms. The molecule has 0 saturated heterocycles. The van der Waals surface area contributed by atoms with Crippen LogP contribution in [0.1, 0.15) is 20.8 Å². The summed E-state index contributed by atoms with van der Waals surface area (Å²) >= 11 is 0. The molecule has 0 N–H and O–H groups in total. The summed E-state index contributed by atoms with van der Waals surface area (Å²) in [4.78, 5) is 0. The van der Waals surface area contributed by atoms with Crippen molar-refractivity contribution in [3.63, 3.8) is 0 Å². The molecule has 0 heterocycles. The second-order valence-corrected chi connectivity index (χ2v) is 31.9. The van der Waals surface area contributed by atoms with E-state index in [1.165, 1.54) is 0 Å². The van der Waals surface area contributed by atoms with Crippen LogP contribution in [0, 0.1) is 0 Å². The average molecular weight is 271 g/mol. The van der Waals surface area contributed by atoms with Crippen LogP contribution in [0.3, 0.4) is 0 Å². The Balaban J connectivity index is 0. The fraction of sp³-hybridized carbons (Fsp3) is 1.00. The van der Waals surface area contributed by atoms with Crippen molar-refractivity contribution in [3.05, 3.63) is 0 Å². The predicted molar refractivity (Wildman–Crippen MR) is 72.2 cm³/mol. The van der Waals surface area contributed by atoms with Crippen molar-refractivity contribution in [1.82, 2.24) is 0 Å². The summed E-state index contributed by atoms with van der Waals surface area (Å²) in [5, 5.41) is 0.611. The number of hydrogen-bond donors (Lipinski definition) is 0. The van der Waals surface area contributed by atoms with Crippen LogP contribution in [-0.4, -0.2) is 23.0 Å². The minimum Gasteiger partial charge on any atom is -0.248 e. The zero-order valence-corrected chi connectivity index (χ0v) is 18.1. The van der Waals surface area contributed by atoms with Crippen LogP contribution in [0.4, 0.5) is 0 Å². The van der Waals surface area contributed by atoms with Gasteiger partial charge in [-0.2, -0.15) is 5.04 Å². The first-order valence-electron chi connectivity index (χ1n) is 5.25. The minimum atomic E-state index is -0.894. The van der Waals surface area contributed by atoms with E-state index in [0.29, 0.717) is 5.04 Å². The molecule has 14 heavy (non-hydrogen) atoms. The molecular formula is C10H27KSi3. The zero-order chi connectivity index (χ0) is 11.1. The van der Waals surface area contributed by atoms with Crippen LogP contribution >= 0.6 is 0 Å². The molecule has 0 amide bonds. The largest absolute Gasteiger partial charge is 1.00 e. The third-order valence-electron chi connectivity index (χ3n) is 2.25. The molecule has 80 valence electrons. The summed E-state index contributed by atoms with van der Waals surface area (Å²) in [5.74, 6) is 0. The van der Waals surface area contributed by atoms with E-state index in [-0.39, 0.29) is 59.2 Å². The van der Waals surface area contributed by atoms with Gasteiger partial charge in [-0.05, 0) is 0 Å². The Morgan fingerprint density at radius 1 is 0.714 bits per heavy atom. The van der Waals surface area contributed by atoms with E-state index in [9.17, 15) is 0 Å². The Labute approximate surface area is 137 Å². The molecule has 0 atom stereocenters. The van der Waals surface area contributed by atoms with Crippen LogP contribution in [0.25, 0.3) is 0 Å². The Kier molecular flexibility index (Phi) is 7.66. The molecule has 0 aliphatic heterocycles. The second kappa shape index (κ2) is 5.75. The maximum atomic E-state index is 2.57. The van der Waals surface area contributed by atoms with Crippen LogP contribution < -0.4 is 51.4 Å². The van der Waals surface area contributed by atoms with Gasteiger partial charge >= 0.3 is 51.4 Å². The summed E-state index contributed by atoms with van der Waals surface area (Å²) < 4.78 is 0. The fourth-order valence-electron chi connectivity index (χ4n) is 3.38. The topological polar surface area (TPSA) is 0 Å². The van der Waals surface area contributed by atoms with Gasteiger partial charge in [-0.15, -0.1) is 15.2 Å². The summed E-state index contributed by atoms with van der Waals surface area (Å²) in [7, 11) is -1.90. The van der Waals surface area contributed by atoms with E-state index in [0.717, 1.165) is 0 Å². The third-order valence-corrected chi connectivity index (χ3v) is 33.8. The first kappa shape index (κ1) is 18.6. The van der Waals surface area contributed by atoms with E-state index < -0.39 is 15.2 Å². The summed E-state index contributed by atoms with van der Waals surface area (Å²) in [6, 6.07) is 0. The Hall–Kier alpha value is 2.29. The van der Waals surface area contributed by atoms with E-state index in [1.54, 1.807) is 0 Å². The quantitative estimate of drug-likeness (QED) is 0.660. The molecule has 4 heteroatoms. The van der Waals surface area contributed by atoms with Gasteiger partial charge in [0.05, 0.1) is 0 Å². The zero-order valence-electron chi connectivity index (χ0n) is 12.0. The van der Waals surface area contributed by atoms with Crippen LogP contribution in [0.2, 0.25) is 44.3 Å². The first-order chi connectivity index (χ1) is 5.37. The monoisotopic (exact) mass is 270 g/mol. The van der Waals surface area contributed by atoms with E-state index in [4.69, 9.17) is 0 Å². The molecule has 0 radical (unpaired) electrons. The van der Waals surface area contributed by atoms with E-state index >= 15 is 0 Å². The molecule has 0 aromatic rings. The SMILES string of the molecule is CC(C)(C)[Si-]([Si](C)(C)C)[Si](C)(C)C.[K+]. The van der Waals surface area contributed by atoms with Gasteiger partial charge in [-0.1, -0.05) is 60.1 Å². The van der Waals surface area contributed by atoms with E-state index in [2.05, 4.69) is 60.1 Å². The van der Waals surface area contributed by atoms with Gasteiger partial charge in [0, 0.05) is 0 Å². The van der Waals surface area contributed by atoms with Crippen molar-refractivity contribution in [2.24, 2.45) is 0 Å². The molecule has 0 aromatic carbocycles. The van der Waals surface area contributed by atoms with Gasteiger partial charge in [0.15, 0.2) is 0 Å². The Bertz CT molecular complexity index is 138. The van der Waals surface area contributed by atoms with Gasteiger partial charge in [-0.25, -0.2) is 7.83 Å². The standard InChI is InChI=1S/C10H27Si3.K/c1-10(2,3)11(12(4,5)6)13(7,8)9;/h1-9H3;/q-1;+1. The molecule has 0 bridgehead atoms. The molecule has 0 aromatic heterocycles. The Morgan fingerprint density at radius 3 is 0.929 bits per heavy atom. The molecule has 0 saturated carbocycles. The van der Waals surface area contributed by atoms with Crippen molar-refractivity contribution in [1.29, 1.82) is 0 Å². The molecule has 0 aliphatic carbocycles.